The van der Waals surface area contributed by atoms with Crippen molar-refractivity contribution in [2.24, 2.45) is 0 Å². The normalized spacial score (nSPS) is 17.6. The average molecular weight is 459 g/mol. The summed E-state index contributed by atoms with van der Waals surface area (Å²) in [6.07, 6.45) is 7.18. The van der Waals surface area contributed by atoms with E-state index in [-0.39, 0.29) is 23.2 Å². The van der Waals surface area contributed by atoms with Crippen molar-refractivity contribution in [2.45, 2.75) is 58.2 Å². The Morgan fingerprint density at radius 3 is 2.65 bits per heavy atom. The summed E-state index contributed by atoms with van der Waals surface area (Å²) in [5, 5.41) is 13.0. The second-order valence-electron chi connectivity index (χ2n) is 8.82. The van der Waals surface area contributed by atoms with E-state index in [4.69, 9.17) is 9.47 Å². The van der Waals surface area contributed by atoms with Crippen LogP contribution >= 0.6 is 0 Å². The second kappa shape index (κ2) is 11.0. The van der Waals surface area contributed by atoms with Crippen molar-refractivity contribution >= 4 is 28.6 Å². The van der Waals surface area contributed by atoms with Gasteiger partial charge < -0.3 is 14.6 Å². The molecule has 0 fully saturated rings. The molecule has 176 valence electrons. The summed E-state index contributed by atoms with van der Waals surface area (Å²) in [7, 11) is 0. The lowest BCUT2D eigenvalue weighted by Crippen LogP contribution is -2.17. The molecule has 0 saturated heterocycles. The molecule has 3 aromatic carbocycles. The molecule has 0 aromatic heterocycles. The van der Waals surface area contributed by atoms with E-state index >= 15 is 0 Å². The Labute approximate surface area is 200 Å². The molecule has 0 saturated carbocycles. The number of ether oxygens (including phenoxy) is 2. The van der Waals surface area contributed by atoms with Gasteiger partial charge in [0.2, 0.25) is 0 Å². The first-order valence-electron chi connectivity index (χ1n) is 11.9. The van der Waals surface area contributed by atoms with Gasteiger partial charge in [-0.3, -0.25) is 4.79 Å². The monoisotopic (exact) mass is 458 g/mol. The number of phenols is 1. The van der Waals surface area contributed by atoms with Gasteiger partial charge in [0.25, 0.3) is 0 Å². The minimum atomic E-state index is -0.575. The summed E-state index contributed by atoms with van der Waals surface area (Å²) >= 11 is 0. The van der Waals surface area contributed by atoms with Crippen LogP contribution < -0.4 is 4.74 Å². The molecule has 1 aliphatic rings. The third kappa shape index (κ3) is 6.04. The smallest absolute Gasteiger partial charge is 0.342 e. The number of carbonyl (C=O) groups excluding carboxylic acids is 2. The fraction of sp³-hybridized carbons (Fsp3) is 0.310. The molecular formula is C29H30O5. The lowest BCUT2D eigenvalue weighted by atomic mass is 10.0. The number of allylic oxidation sites excluding steroid dienone is 1. The number of cyclic esters (lactones) is 1. The molecule has 1 aliphatic heterocycles. The number of hydrogen-bond acceptors (Lipinski definition) is 5. The van der Waals surface area contributed by atoms with Gasteiger partial charge in [-0.2, -0.15) is 0 Å². The highest BCUT2D eigenvalue weighted by atomic mass is 16.5. The van der Waals surface area contributed by atoms with Crippen LogP contribution in [0.3, 0.4) is 0 Å². The van der Waals surface area contributed by atoms with E-state index < -0.39 is 5.97 Å². The zero-order valence-corrected chi connectivity index (χ0v) is 19.5. The van der Waals surface area contributed by atoms with Gasteiger partial charge in [0.05, 0.1) is 6.10 Å². The zero-order chi connectivity index (χ0) is 23.9. The molecule has 5 nitrogen and oxygen atoms in total. The minimum Gasteiger partial charge on any atom is -0.507 e. The molecular weight excluding hydrogens is 428 g/mol. The molecule has 0 amide bonds. The number of esters is 1. The Hall–Kier alpha value is -3.60. The van der Waals surface area contributed by atoms with Crippen molar-refractivity contribution in [3.8, 4) is 11.5 Å². The van der Waals surface area contributed by atoms with Crippen LogP contribution in [0.1, 0.15) is 66.9 Å². The Morgan fingerprint density at radius 1 is 1.00 bits per heavy atom. The maximum absolute atomic E-state index is 12.9. The van der Waals surface area contributed by atoms with Gasteiger partial charge in [-0.15, -0.1) is 0 Å². The van der Waals surface area contributed by atoms with Crippen LogP contribution in [0.25, 0.3) is 16.8 Å². The quantitative estimate of drug-likeness (QED) is 0.447. The van der Waals surface area contributed by atoms with Crippen LogP contribution in [-0.4, -0.2) is 23.0 Å². The SMILES string of the molecule is C[C@@H]1CCCC(=O)CCCC=Cc2cc(OCc3ccc4ccccc4c3)cc(O)c2C(=O)O1. The molecule has 4 rings (SSSR count). The summed E-state index contributed by atoms with van der Waals surface area (Å²) in [5.41, 5.74) is 1.68. The Balaban J connectivity index is 1.57. The first-order chi connectivity index (χ1) is 16.5. The predicted octanol–water partition coefficient (Wildman–Crippen LogP) is 6.61. The third-order valence-electron chi connectivity index (χ3n) is 6.04. The minimum absolute atomic E-state index is 0.134. The zero-order valence-electron chi connectivity index (χ0n) is 19.5. The van der Waals surface area contributed by atoms with Crippen LogP contribution in [0.15, 0.2) is 60.7 Å². The largest absolute Gasteiger partial charge is 0.507 e. The Kier molecular flexibility index (Phi) is 7.63. The van der Waals surface area contributed by atoms with Crippen LogP contribution in [0.5, 0.6) is 11.5 Å². The van der Waals surface area contributed by atoms with Crippen LogP contribution in [0.4, 0.5) is 0 Å². The number of carbonyl (C=O) groups is 2. The number of Topliss-reactive ketones (excluding diaryl/α,β-unsaturated/α-hetero) is 1. The van der Waals surface area contributed by atoms with Crippen LogP contribution in [0, 0.1) is 0 Å². The lowest BCUT2D eigenvalue weighted by Gasteiger charge is -2.16. The summed E-state index contributed by atoms with van der Waals surface area (Å²) in [4.78, 5) is 24.9. The lowest BCUT2D eigenvalue weighted by molar-refractivity contribution is -0.119. The standard InChI is InChI=1S/C29H30O5/c1-20-8-7-13-25(30)12-4-2-3-11-24-17-26(18-27(31)28(24)29(32)34-20)33-19-21-14-15-22-9-5-6-10-23(22)16-21/h3,5-6,9-11,14-18,20,31H,2,4,7-8,12-13,19H2,1H3/t20-/m1/s1. The predicted molar refractivity (Wildman–Crippen MR) is 133 cm³/mol. The highest BCUT2D eigenvalue weighted by Gasteiger charge is 2.21. The van der Waals surface area contributed by atoms with Crippen molar-refractivity contribution in [3.05, 3.63) is 77.4 Å². The maximum Gasteiger partial charge on any atom is 0.342 e. The van der Waals surface area contributed by atoms with Gasteiger partial charge in [-0.1, -0.05) is 48.6 Å². The van der Waals surface area contributed by atoms with E-state index in [1.165, 1.54) is 6.07 Å². The van der Waals surface area contributed by atoms with Crippen molar-refractivity contribution < 1.29 is 24.2 Å². The first kappa shape index (κ1) is 23.6. The van der Waals surface area contributed by atoms with Gasteiger partial charge in [0.1, 0.15) is 29.5 Å². The number of hydrogen-bond donors (Lipinski definition) is 1. The molecule has 0 unspecified atom stereocenters. The average Bonchev–Trinajstić information content (AvgIpc) is 2.81. The van der Waals surface area contributed by atoms with E-state index in [1.807, 2.05) is 31.2 Å². The van der Waals surface area contributed by atoms with Crippen molar-refractivity contribution in [1.82, 2.24) is 0 Å². The van der Waals surface area contributed by atoms with Crippen molar-refractivity contribution in [3.63, 3.8) is 0 Å². The van der Waals surface area contributed by atoms with Crippen LogP contribution in [0.2, 0.25) is 0 Å². The molecule has 0 spiro atoms. The summed E-state index contributed by atoms with van der Waals surface area (Å²) in [5.74, 6) is -0.0399. The van der Waals surface area contributed by atoms with Gasteiger partial charge >= 0.3 is 5.97 Å². The number of rotatable bonds is 3. The van der Waals surface area contributed by atoms with E-state index in [0.29, 0.717) is 50.0 Å². The topological polar surface area (TPSA) is 72.8 Å². The highest BCUT2D eigenvalue weighted by Crippen LogP contribution is 2.31. The molecule has 1 atom stereocenters. The molecule has 0 aliphatic carbocycles. The fourth-order valence-electron chi connectivity index (χ4n) is 4.19. The summed E-state index contributed by atoms with van der Waals surface area (Å²) in [6, 6.07) is 17.5. The van der Waals surface area contributed by atoms with E-state index in [9.17, 15) is 14.7 Å². The summed E-state index contributed by atoms with van der Waals surface area (Å²) < 4.78 is 11.5. The van der Waals surface area contributed by atoms with E-state index in [1.54, 1.807) is 12.1 Å². The second-order valence-corrected chi connectivity index (χ2v) is 8.82. The Bertz CT molecular complexity index is 1210. The molecule has 0 bridgehead atoms. The van der Waals surface area contributed by atoms with Crippen LogP contribution in [-0.2, 0) is 16.1 Å². The molecule has 3 aromatic rings. The molecule has 0 radical (unpaired) electrons. The molecule has 34 heavy (non-hydrogen) atoms. The molecule has 1 heterocycles. The Morgan fingerprint density at radius 2 is 1.79 bits per heavy atom. The number of fused-ring (bicyclic) bond motifs is 2. The van der Waals surface area contributed by atoms with Gasteiger partial charge in [-0.05, 0) is 66.6 Å². The van der Waals surface area contributed by atoms with Gasteiger partial charge in [0, 0.05) is 18.9 Å². The highest BCUT2D eigenvalue weighted by molar-refractivity contribution is 5.97. The molecule has 5 heteroatoms. The summed E-state index contributed by atoms with van der Waals surface area (Å²) in [6.45, 7) is 2.14. The van der Waals surface area contributed by atoms with Gasteiger partial charge in [0.15, 0.2) is 0 Å². The first-order valence-corrected chi connectivity index (χ1v) is 11.9. The van der Waals surface area contributed by atoms with E-state index in [0.717, 1.165) is 22.8 Å². The molecule has 1 N–H and O–H groups in total. The maximum atomic E-state index is 12.9. The van der Waals surface area contributed by atoms with E-state index in [2.05, 4.69) is 24.3 Å². The number of phenolic OH excluding ortho intramolecular Hbond substituents is 1. The number of aromatic hydroxyl groups is 1. The van der Waals surface area contributed by atoms with Crippen molar-refractivity contribution in [1.29, 1.82) is 0 Å². The van der Waals surface area contributed by atoms with Crippen molar-refractivity contribution in [2.75, 3.05) is 0 Å². The third-order valence-corrected chi connectivity index (χ3v) is 6.04. The fourth-order valence-corrected chi connectivity index (χ4v) is 4.19. The number of ketones is 1. The number of benzene rings is 3. The van der Waals surface area contributed by atoms with Gasteiger partial charge in [-0.25, -0.2) is 4.79 Å².